The van der Waals surface area contributed by atoms with Gasteiger partial charge >= 0.3 is 5.97 Å². The minimum Gasteiger partial charge on any atom is -0.466 e. The molecule has 0 amide bonds. The maximum absolute atomic E-state index is 11.7. The minimum atomic E-state index is -1.45. The second kappa shape index (κ2) is 5.52. The van der Waals surface area contributed by atoms with Crippen LogP contribution in [0, 0.1) is 5.41 Å². The number of esters is 1. The van der Waals surface area contributed by atoms with Crippen LogP contribution in [0.5, 0.6) is 0 Å². The zero-order valence-electron chi connectivity index (χ0n) is 11.5. The monoisotopic (exact) mass is 244 g/mol. The molecule has 0 aliphatic heterocycles. The van der Waals surface area contributed by atoms with Crippen molar-refractivity contribution in [3.63, 3.8) is 0 Å². The highest BCUT2D eigenvalue weighted by molar-refractivity contribution is 6.81. The number of hydrogen-bond donors (Lipinski definition) is 0. The third kappa shape index (κ3) is 6.66. The topological polar surface area (TPSA) is 35.5 Å². The molecule has 0 fully saturated rings. The van der Waals surface area contributed by atoms with E-state index in [0.29, 0.717) is 12.6 Å². The maximum atomic E-state index is 11.7. The van der Waals surface area contributed by atoms with Gasteiger partial charge in [-0.2, -0.15) is 0 Å². The molecule has 3 nitrogen and oxygen atoms in total. The zero-order chi connectivity index (χ0) is 13.0. The second-order valence-electron chi connectivity index (χ2n) is 5.90. The fourth-order valence-electron chi connectivity index (χ4n) is 0.841. The summed E-state index contributed by atoms with van der Waals surface area (Å²) in [5.41, 5.74) is 1.45. The van der Waals surface area contributed by atoms with Gasteiger partial charge in [0.25, 0.3) is 5.95 Å². The lowest BCUT2D eigenvalue weighted by Crippen LogP contribution is -2.25. The molecule has 16 heavy (non-hydrogen) atoms. The Morgan fingerprint density at radius 3 is 2.06 bits per heavy atom. The summed E-state index contributed by atoms with van der Waals surface area (Å²) in [7, 11) is -1.45. The molecule has 0 unspecified atom stereocenters. The van der Waals surface area contributed by atoms with Crippen LogP contribution < -0.4 is 0 Å². The first kappa shape index (κ1) is 15.2. The van der Waals surface area contributed by atoms with Crippen molar-refractivity contribution in [2.24, 2.45) is 5.41 Å². The van der Waals surface area contributed by atoms with Gasteiger partial charge < -0.3 is 9.47 Å². The molecule has 0 aromatic heterocycles. The van der Waals surface area contributed by atoms with E-state index in [1.165, 1.54) is 0 Å². The van der Waals surface area contributed by atoms with Crippen LogP contribution in [-0.2, 0) is 14.3 Å². The fourth-order valence-corrected chi connectivity index (χ4v) is 1.69. The first-order valence-corrected chi connectivity index (χ1v) is 9.22. The van der Waals surface area contributed by atoms with E-state index in [9.17, 15) is 4.79 Å². The molecule has 0 radical (unpaired) electrons. The lowest BCUT2D eigenvalue weighted by Gasteiger charge is -2.19. The summed E-state index contributed by atoms with van der Waals surface area (Å²) in [4.78, 5) is 11.7. The summed E-state index contributed by atoms with van der Waals surface area (Å²) < 4.78 is 10.6. The number of ether oxygens (including phenoxy) is 2. The van der Waals surface area contributed by atoms with E-state index in [0.717, 1.165) is 0 Å². The molecule has 4 heteroatoms. The molecule has 0 spiro atoms. The van der Waals surface area contributed by atoms with Gasteiger partial charge in [-0.1, -0.05) is 19.6 Å². The van der Waals surface area contributed by atoms with Crippen molar-refractivity contribution in [2.45, 2.75) is 47.3 Å². The quantitative estimate of drug-likeness (QED) is 0.432. The van der Waals surface area contributed by atoms with Crippen LogP contribution >= 0.6 is 0 Å². The van der Waals surface area contributed by atoms with Crippen LogP contribution in [0.4, 0.5) is 0 Å². The van der Waals surface area contributed by atoms with Crippen molar-refractivity contribution < 1.29 is 14.3 Å². The van der Waals surface area contributed by atoms with E-state index in [-0.39, 0.29) is 5.97 Å². The molecule has 0 aliphatic rings. The van der Waals surface area contributed by atoms with Gasteiger partial charge in [-0.15, -0.1) is 0 Å². The van der Waals surface area contributed by atoms with E-state index >= 15 is 0 Å². The third-order valence-corrected chi connectivity index (χ3v) is 2.74. The molecular weight excluding hydrogens is 220 g/mol. The van der Waals surface area contributed by atoms with Gasteiger partial charge in [-0.05, 0) is 33.4 Å². The summed E-state index contributed by atoms with van der Waals surface area (Å²) in [6.45, 7) is 14.4. The van der Waals surface area contributed by atoms with Crippen LogP contribution in [0.2, 0.25) is 19.6 Å². The van der Waals surface area contributed by atoms with E-state index < -0.39 is 13.5 Å². The van der Waals surface area contributed by atoms with Gasteiger partial charge in [-0.3, -0.25) is 4.79 Å². The number of hydrogen-bond acceptors (Lipinski definition) is 3. The highest BCUT2D eigenvalue weighted by Crippen LogP contribution is 2.19. The SMILES string of the molecule is CCO/C(=C\[Si](C)(C)C)OC(=O)C(C)(C)C. The largest absolute Gasteiger partial charge is 0.466 e. The maximum Gasteiger partial charge on any atom is 0.318 e. The Hall–Kier alpha value is -0.773. The Morgan fingerprint density at radius 2 is 1.75 bits per heavy atom. The number of carbonyl (C=O) groups excluding carboxylic acids is 1. The Bertz CT molecular complexity index is 269. The van der Waals surface area contributed by atoms with E-state index in [4.69, 9.17) is 9.47 Å². The van der Waals surface area contributed by atoms with Crippen molar-refractivity contribution in [3.05, 3.63) is 11.6 Å². The molecule has 0 bridgehead atoms. The number of rotatable bonds is 4. The van der Waals surface area contributed by atoms with Crippen LogP contribution in [0.1, 0.15) is 27.7 Å². The van der Waals surface area contributed by atoms with Gasteiger partial charge in [-0.25, -0.2) is 0 Å². The van der Waals surface area contributed by atoms with E-state index in [2.05, 4.69) is 19.6 Å². The van der Waals surface area contributed by atoms with Crippen molar-refractivity contribution in [3.8, 4) is 0 Å². The first-order valence-electron chi connectivity index (χ1n) is 5.64. The molecule has 0 saturated heterocycles. The van der Waals surface area contributed by atoms with Crippen LogP contribution in [0.15, 0.2) is 11.6 Å². The normalized spacial score (nSPS) is 13.6. The Labute approximate surface area is 99.8 Å². The molecule has 94 valence electrons. The summed E-state index contributed by atoms with van der Waals surface area (Å²) in [5.74, 6) is 0.104. The predicted octanol–water partition coefficient (Wildman–Crippen LogP) is 3.33. The molecule has 0 aromatic carbocycles. The van der Waals surface area contributed by atoms with Gasteiger partial charge in [0.2, 0.25) is 0 Å². The second-order valence-corrected chi connectivity index (χ2v) is 10.9. The van der Waals surface area contributed by atoms with Crippen LogP contribution in [0.3, 0.4) is 0 Å². The first-order chi connectivity index (χ1) is 7.06. The van der Waals surface area contributed by atoms with E-state index in [1.54, 1.807) is 0 Å². The molecule has 0 heterocycles. The Morgan fingerprint density at radius 1 is 1.25 bits per heavy atom. The van der Waals surface area contributed by atoms with Crippen molar-refractivity contribution in [1.82, 2.24) is 0 Å². The van der Waals surface area contributed by atoms with Gasteiger partial charge in [0.05, 0.1) is 20.1 Å². The van der Waals surface area contributed by atoms with Crippen molar-refractivity contribution >= 4 is 14.0 Å². The standard InChI is InChI=1S/C12H24O3Si/c1-8-14-10(9-16(5,6)7)15-11(13)12(2,3)4/h9H,8H2,1-7H3/b10-9+. The molecule has 0 aliphatic carbocycles. The third-order valence-electron chi connectivity index (χ3n) is 1.64. The van der Waals surface area contributed by atoms with Gasteiger partial charge in [0.15, 0.2) is 0 Å². The summed E-state index contributed by atoms with van der Waals surface area (Å²) in [6, 6.07) is 0. The molecular formula is C12H24O3Si. The van der Waals surface area contributed by atoms with E-state index in [1.807, 2.05) is 33.4 Å². The summed E-state index contributed by atoms with van der Waals surface area (Å²) in [5, 5.41) is 0. The van der Waals surface area contributed by atoms with Crippen molar-refractivity contribution in [2.75, 3.05) is 6.61 Å². The molecule has 0 N–H and O–H groups in total. The van der Waals surface area contributed by atoms with Crippen molar-refractivity contribution in [1.29, 1.82) is 0 Å². The Kier molecular flexibility index (Phi) is 5.26. The number of carbonyl (C=O) groups is 1. The Balaban J connectivity index is 4.72. The van der Waals surface area contributed by atoms with Crippen LogP contribution in [-0.4, -0.2) is 20.7 Å². The highest BCUT2D eigenvalue weighted by Gasteiger charge is 2.25. The lowest BCUT2D eigenvalue weighted by atomic mass is 9.97. The van der Waals surface area contributed by atoms with Gasteiger partial charge in [0.1, 0.15) is 0 Å². The fraction of sp³-hybridized carbons (Fsp3) is 0.750. The summed E-state index contributed by atoms with van der Waals surface area (Å²) >= 11 is 0. The molecule has 0 atom stereocenters. The van der Waals surface area contributed by atoms with Gasteiger partial charge in [0, 0.05) is 0 Å². The predicted molar refractivity (Wildman–Crippen MR) is 68.6 cm³/mol. The minimum absolute atomic E-state index is 0.259. The summed E-state index contributed by atoms with van der Waals surface area (Å²) in [6.07, 6.45) is 0. The average molecular weight is 244 g/mol. The van der Waals surface area contributed by atoms with Crippen LogP contribution in [0.25, 0.3) is 0 Å². The lowest BCUT2D eigenvalue weighted by molar-refractivity contribution is -0.154. The zero-order valence-corrected chi connectivity index (χ0v) is 12.5. The smallest absolute Gasteiger partial charge is 0.318 e. The molecule has 0 aromatic rings. The average Bonchev–Trinajstić information content (AvgIpc) is 1.99. The molecule has 0 rings (SSSR count). The molecule has 0 saturated carbocycles. The highest BCUT2D eigenvalue weighted by atomic mass is 28.3.